The Labute approximate surface area is 123 Å². The van der Waals surface area contributed by atoms with Crippen LogP contribution in [0.1, 0.15) is 12.6 Å². The molecular weight excluding hydrogens is 268 g/mol. The summed E-state index contributed by atoms with van der Waals surface area (Å²) in [5, 5.41) is 5.55. The Morgan fingerprint density at radius 1 is 1.24 bits per heavy atom. The summed E-state index contributed by atoms with van der Waals surface area (Å²) >= 11 is 0. The number of hydrogen-bond acceptors (Lipinski definition) is 3. The summed E-state index contributed by atoms with van der Waals surface area (Å²) in [4.78, 5) is 24.5. The van der Waals surface area contributed by atoms with Gasteiger partial charge in [0.1, 0.15) is 5.69 Å². The second-order valence-electron chi connectivity index (χ2n) is 4.94. The molecule has 2 aromatic rings. The van der Waals surface area contributed by atoms with Crippen LogP contribution in [0.25, 0.3) is 5.69 Å². The third-order valence-corrected chi connectivity index (χ3v) is 3.63. The van der Waals surface area contributed by atoms with Gasteiger partial charge in [-0.15, -0.1) is 0 Å². The molecule has 0 radical (unpaired) electrons. The molecule has 0 saturated carbocycles. The number of amides is 1. The predicted octanol–water partition coefficient (Wildman–Crippen LogP) is 1.03. The first-order valence-corrected chi connectivity index (χ1v) is 6.79. The summed E-state index contributed by atoms with van der Waals surface area (Å²) in [5.41, 5.74) is 1.54. The van der Waals surface area contributed by atoms with Gasteiger partial charge >= 0.3 is 0 Å². The first kappa shape index (κ1) is 15.1. The summed E-state index contributed by atoms with van der Waals surface area (Å²) in [6.45, 7) is 3.55. The van der Waals surface area contributed by atoms with Crippen LogP contribution >= 0.6 is 0 Å². The molecule has 1 aromatic carbocycles. The molecule has 112 valence electrons. The molecule has 0 spiro atoms. The second kappa shape index (κ2) is 5.97. The Morgan fingerprint density at radius 3 is 2.43 bits per heavy atom. The minimum absolute atomic E-state index is 0.233. The van der Waals surface area contributed by atoms with Crippen molar-refractivity contribution >= 4 is 11.6 Å². The first-order valence-electron chi connectivity index (χ1n) is 6.79. The van der Waals surface area contributed by atoms with Crippen molar-refractivity contribution in [1.82, 2.24) is 14.7 Å². The highest BCUT2D eigenvalue weighted by molar-refractivity contribution is 5.94. The number of likely N-dealkylation sites (N-methyl/N-ethyl adjacent to an activating group) is 1. The highest BCUT2D eigenvalue weighted by Crippen LogP contribution is 2.14. The number of carbonyl (C=O) groups is 1. The Morgan fingerprint density at radius 2 is 1.86 bits per heavy atom. The van der Waals surface area contributed by atoms with Gasteiger partial charge in [-0.05, 0) is 33.0 Å². The number of aromatic nitrogens is 2. The normalized spacial score (nSPS) is 12.2. The van der Waals surface area contributed by atoms with Crippen LogP contribution in [0.2, 0.25) is 0 Å². The fourth-order valence-electron chi connectivity index (χ4n) is 2.07. The molecule has 1 aromatic heterocycles. The van der Waals surface area contributed by atoms with Gasteiger partial charge in [0.15, 0.2) is 0 Å². The van der Waals surface area contributed by atoms with Gasteiger partial charge in [0.2, 0.25) is 5.91 Å². The number of nitrogens with zero attached hydrogens (tertiary/aromatic N) is 2. The molecule has 1 atom stereocenters. The minimum Gasteiger partial charge on any atom is -0.319 e. The zero-order valence-electron chi connectivity index (χ0n) is 12.7. The SMILES string of the molecule is CNC(C)C(=O)Nc1c(C)n(C)n(-c2ccccc2)c1=O. The van der Waals surface area contributed by atoms with E-state index in [2.05, 4.69) is 10.6 Å². The lowest BCUT2D eigenvalue weighted by atomic mass is 10.3. The van der Waals surface area contributed by atoms with Gasteiger partial charge < -0.3 is 10.6 Å². The van der Waals surface area contributed by atoms with Crippen LogP contribution in [0.5, 0.6) is 0 Å². The maximum atomic E-state index is 12.6. The van der Waals surface area contributed by atoms with Crippen molar-refractivity contribution in [2.45, 2.75) is 19.9 Å². The van der Waals surface area contributed by atoms with Gasteiger partial charge in [-0.25, -0.2) is 4.68 Å². The van der Waals surface area contributed by atoms with Gasteiger partial charge in [-0.1, -0.05) is 18.2 Å². The quantitative estimate of drug-likeness (QED) is 0.883. The summed E-state index contributed by atoms with van der Waals surface area (Å²) in [6, 6.07) is 8.96. The van der Waals surface area contributed by atoms with Gasteiger partial charge in [-0.2, -0.15) is 0 Å². The summed E-state index contributed by atoms with van der Waals surface area (Å²) in [6.07, 6.45) is 0. The Kier molecular flexibility index (Phi) is 4.28. The summed E-state index contributed by atoms with van der Waals surface area (Å²) in [7, 11) is 3.49. The first-order chi connectivity index (χ1) is 9.97. The molecule has 2 rings (SSSR count). The molecule has 0 aliphatic rings. The molecule has 0 aliphatic heterocycles. The van der Waals surface area contributed by atoms with Crippen molar-refractivity contribution in [3.05, 3.63) is 46.4 Å². The van der Waals surface area contributed by atoms with Crippen LogP contribution in [0, 0.1) is 6.92 Å². The monoisotopic (exact) mass is 288 g/mol. The third kappa shape index (κ3) is 2.75. The van der Waals surface area contributed by atoms with Gasteiger partial charge in [0.25, 0.3) is 5.56 Å². The lowest BCUT2D eigenvalue weighted by Gasteiger charge is -2.09. The van der Waals surface area contributed by atoms with Crippen LogP contribution in [0.4, 0.5) is 5.69 Å². The van der Waals surface area contributed by atoms with E-state index in [9.17, 15) is 9.59 Å². The topological polar surface area (TPSA) is 68.1 Å². The van der Waals surface area contributed by atoms with Crippen LogP contribution < -0.4 is 16.2 Å². The molecular formula is C15H20N4O2. The van der Waals surface area contributed by atoms with Crippen LogP contribution in [0.15, 0.2) is 35.1 Å². The standard InChI is InChI=1S/C15H20N4O2/c1-10(16-3)14(20)17-13-11(2)18(4)19(15(13)21)12-8-6-5-7-9-12/h5-10,16H,1-4H3,(H,17,20). The molecule has 6 heteroatoms. The molecule has 0 fully saturated rings. The average molecular weight is 288 g/mol. The molecule has 6 nitrogen and oxygen atoms in total. The minimum atomic E-state index is -0.366. The molecule has 21 heavy (non-hydrogen) atoms. The lowest BCUT2D eigenvalue weighted by Crippen LogP contribution is -2.36. The van der Waals surface area contributed by atoms with Crippen molar-refractivity contribution in [3.63, 3.8) is 0 Å². The number of benzene rings is 1. The van der Waals surface area contributed by atoms with Gasteiger partial charge in [0, 0.05) is 7.05 Å². The predicted molar refractivity (Wildman–Crippen MR) is 82.9 cm³/mol. The van der Waals surface area contributed by atoms with E-state index in [0.717, 1.165) is 5.69 Å². The number of carbonyl (C=O) groups excluding carboxylic acids is 1. The zero-order chi connectivity index (χ0) is 15.6. The van der Waals surface area contributed by atoms with E-state index < -0.39 is 0 Å². The van der Waals surface area contributed by atoms with Crippen molar-refractivity contribution in [3.8, 4) is 5.69 Å². The molecule has 2 N–H and O–H groups in total. The Hall–Kier alpha value is -2.34. The Balaban J connectivity index is 2.47. The van der Waals surface area contributed by atoms with Gasteiger partial charge in [-0.3, -0.25) is 14.3 Å². The van der Waals surface area contributed by atoms with E-state index in [1.165, 1.54) is 4.68 Å². The lowest BCUT2D eigenvalue weighted by molar-refractivity contribution is -0.117. The fourth-order valence-corrected chi connectivity index (χ4v) is 2.07. The summed E-state index contributed by atoms with van der Waals surface area (Å²) < 4.78 is 3.27. The number of para-hydroxylation sites is 1. The second-order valence-corrected chi connectivity index (χ2v) is 4.94. The number of anilines is 1. The summed E-state index contributed by atoms with van der Waals surface area (Å²) in [5.74, 6) is -0.233. The number of nitrogens with one attached hydrogen (secondary N) is 2. The highest BCUT2D eigenvalue weighted by atomic mass is 16.2. The van der Waals surface area contributed by atoms with Crippen molar-refractivity contribution in [2.75, 3.05) is 12.4 Å². The van der Waals surface area contributed by atoms with Crippen LogP contribution in [-0.4, -0.2) is 28.4 Å². The zero-order valence-corrected chi connectivity index (χ0v) is 12.7. The van der Waals surface area contributed by atoms with Crippen molar-refractivity contribution in [1.29, 1.82) is 0 Å². The molecule has 0 saturated heterocycles. The Bertz CT molecular complexity index is 700. The van der Waals surface area contributed by atoms with E-state index in [1.54, 1.807) is 32.6 Å². The average Bonchev–Trinajstić information content (AvgIpc) is 2.71. The molecule has 1 amide bonds. The third-order valence-electron chi connectivity index (χ3n) is 3.63. The number of rotatable bonds is 4. The number of hydrogen-bond donors (Lipinski definition) is 2. The van der Waals surface area contributed by atoms with Crippen molar-refractivity contribution < 1.29 is 4.79 Å². The van der Waals surface area contributed by atoms with E-state index in [4.69, 9.17) is 0 Å². The molecule has 1 unspecified atom stereocenters. The van der Waals surface area contributed by atoms with E-state index in [-0.39, 0.29) is 17.5 Å². The maximum absolute atomic E-state index is 12.6. The van der Waals surface area contributed by atoms with Crippen molar-refractivity contribution in [2.24, 2.45) is 7.05 Å². The largest absolute Gasteiger partial charge is 0.319 e. The van der Waals surface area contributed by atoms with Crippen LogP contribution in [-0.2, 0) is 11.8 Å². The molecule has 0 aliphatic carbocycles. The fraction of sp³-hybridized carbons (Fsp3) is 0.333. The smallest absolute Gasteiger partial charge is 0.295 e. The maximum Gasteiger partial charge on any atom is 0.295 e. The van der Waals surface area contributed by atoms with E-state index >= 15 is 0 Å². The van der Waals surface area contributed by atoms with Gasteiger partial charge in [0.05, 0.1) is 17.4 Å². The molecule has 1 heterocycles. The highest BCUT2D eigenvalue weighted by Gasteiger charge is 2.19. The molecule has 0 bridgehead atoms. The van der Waals surface area contributed by atoms with E-state index in [1.807, 2.05) is 30.3 Å². The van der Waals surface area contributed by atoms with E-state index in [0.29, 0.717) is 11.4 Å². The van der Waals surface area contributed by atoms with Crippen LogP contribution in [0.3, 0.4) is 0 Å².